The Morgan fingerprint density at radius 3 is 2.71 bits per heavy atom. The van der Waals surface area contributed by atoms with E-state index in [2.05, 4.69) is 24.1 Å². The molecule has 3 aliphatic heterocycles. The minimum Gasteiger partial charge on any atom is -0.492 e. The molecule has 0 bridgehead atoms. The monoisotopic (exact) mass is 286 g/mol. The van der Waals surface area contributed by atoms with Gasteiger partial charge in [0.1, 0.15) is 5.75 Å². The number of piperidine rings is 1. The van der Waals surface area contributed by atoms with Crippen LogP contribution in [0.5, 0.6) is 5.75 Å². The van der Waals surface area contributed by atoms with E-state index in [0.717, 1.165) is 44.1 Å². The Balaban J connectivity index is 1.73. The summed E-state index contributed by atoms with van der Waals surface area (Å²) in [5.74, 6) is 1.13. The summed E-state index contributed by atoms with van der Waals surface area (Å²) in [7, 11) is 2.19. The summed E-state index contributed by atoms with van der Waals surface area (Å²) < 4.78 is 6.02. The number of anilines is 1. The van der Waals surface area contributed by atoms with Crippen molar-refractivity contribution in [2.45, 2.75) is 31.6 Å². The number of fused-ring (bicyclic) bond motifs is 3. The van der Waals surface area contributed by atoms with Crippen LogP contribution in [0.1, 0.15) is 30.9 Å². The first-order valence-corrected chi connectivity index (χ1v) is 7.86. The van der Waals surface area contributed by atoms with Gasteiger partial charge in [-0.2, -0.15) is 0 Å². The van der Waals surface area contributed by atoms with Crippen molar-refractivity contribution in [2.24, 2.45) is 0 Å². The molecule has 0 aliphatic carbocycles. The SMILES string of the molecule is CC(=O)N1CCc2cc3c(cc21)OCC31CCN(C)CC1. The Hall–Kier alpha value is -1.55. The smallest absolute Gasteiger partial charge is 0.223 e. The largest absolute Gasteiger partial charge is 0.492 e. The molecule has 0 radical (unpaired) electrons. The average Bonchev–Trinajstić information content (AvgIpc) is 3.03. The third-order valence-electron chi connectivity index (χ3n) is 5.48. The Morgan fingerprint density at radius 2 is 2.00 bits per heavy atom. The number of likely N-dealkylation sites (tertiary alicyclic amines) is 1. The molecule has 4 heteroatoms. The molecule has 0 aromatic heterocycles. The first-order chi connectivity index (χ1) is 10.1. The zero-order valence-electron chi connectivity index (χ0n) is 12.8. The summed E-state index contributed by atoms with van der Waals surface area (Å²) in [4.78, 5) is 16.0. The molecule has 0 N–H and O–H groups in total. The van der Waals surface area contributed by atoms with Gasteiger partial charge in [0.25, 0.3) is 0 Å². The fraction of sp³-hybridized carbons (Fsp3) is 0.588. The number of rotatable bonds is 0. The van der Waals surface area contributed by atoms with E-state index in [1.54, 1.807) is 6.92 Å². The third kappa shape index (κ3) is 1.89. The fourth-order valence-corrected chi connectivity index (χ4v) is 4.03. The van der Waals surface area contributed by atoms with Crippen LogP contribution in [0, 0.1) is 0 Å². The van der Waals surface area contributed by atoms with Crippen molar-refractivity contribution < 1.29 is 9.53 Å². The first kappa shape index (κ1) is 13.1. The van der Waals surface area contributed by atoms with Crippen molar-refractivity contribution in [3.63, 3.8) is 0 Å². The molecule has 1 spiro atoms. The van der Waals surface area contributed by atoms with Gasteiger partial charge in [-0.25, -0.2) is 0 Å². The zero-order valence-corrected chi connectivity index (χ0v) is 12.8. The van der Waals surface area contributed by atoms with E-state index in [1.165, 1.54) is 24.0 Å². The van der Waals surface area contributed by atoms with E-state index < -0.39 is 0 Å². The highest BCUT2D eigenvalue weighted by Crippen LogP contribution is 2.48. The predicted octanol–water partition coefficient (Wildman–Crippen LogP) is 1.95. The molecule has 3 aliphatic rings. The number of nitrogens with zero attached hydrogens (tertiary/aromatic N) is 2. The summed E-state index contributed by atoms with van der Waals surface area (Å²) in [6, 6.07) is 4.43. The molecule has 1 fully saturated rings. The van der Waals surface area contributed by atoms with Gasteiger partial charge in [0.15, 0.2) is 0 Å². The van der Waals surface area contributed by atoms with Crippen LogP contribution in [-0.4, -0.2) is 44.1 Å². The van der Waals surface area contributed by atoms with E-state index in [-0.39, 0.29) is 11.3 Å². The predicted molar refractivity (Wildman–Crippen MR) is 82.1 cm³/mol. The van der Waals surface area contributed by atoms with E-state index in [1.807, 2.05) is 4.90 Å². The van der Waals surface area contributed by atoms with Crippen LogP contribution < -0.4 is 9.64 Å². The number of carbonyl (C=O) groups is 1. The summed E-state index contributed by atoms with van der Waals surface area (Å²) in [6.07, 6.45) is 3.32. The molecule has 4 rings (SSSR count). The van der Waals surface area contributed by atoms with Crippen LogP contribution in [0.25, 0.3) is 0 Å². The first-order valence-electron chi connectivity index (χ1n) is 7.86. The van der Waals surface area contributed by atoms with Crippen molar-refractivity contribution >= 4 is 11.6 Å². The standard InChI is InChI=1S/C17H22N2O2/c1-12(20)19-6-3-13-9-14-16(10-15(13)19)21-11-17(14)4-7-18(2)8-5-17/h9-10H,3-8,11H2,1-2H3. The van der Waals surface area contributed by atoms with Gasteiger partial charge in [0.05, 0.1) is 12.3 Å². The van der Waals surface area contributed by atoms with Crippen LogP contribution in [-0.2, 0) is 16.6 Å². The lowest BCUT2D eigenvalue weighted by molar-refractivity contribution is -0.116. The molecule has 3 heterocycles. The van der Waals surface area contributed by atoms with Crippen LogP contribution >= 0.6 is 0 Å². The van der Waals surface area contributed by atoms with Crippen molar-refractivity contribution in [3.05, 3.63) is 23.3 Å². The maximum absolute atomic E-state index is 11.7. The molecule has 112 valence electrons. The van der Waals surface area contributed by atoms with Gasteiger partial charge in [0.2, 0.25) is 5.91 Å². The summed E-state index contributed by atoms with van der Waals surface area (Å²) >= 11 is 0. The lowest BCUT2D eigenvalue weighted by atomic mass is 9.74. The van der Waals surface area contributed by atoms with Crippen LogP contribution in [0.4, 0.5) is 5.69 Å². The van der Waals surface area contributed by atoms with E-state index >= 15 is 0 Å². The maximum Gasteiger partial charge on any atom is 0.223 e. The molecule has 1 aromatic carbocycles. The van der Waals surface area contributed by atoms with E-state index in [4.69, 9.17) is 4.74 Å². The van der Waals surface area contributed by atoms with Crippen molar-refractivity contribution in [2.75, 3.05) is 38.2 Å². The zero-order chi connectivity index (χ0) is 14.6. The second-order valence-electron chi connectivity index (χ2n) is 6.77. The van der Waals surface area contributed by atoms with E-state index in [0.29, 0.717) is 0 Å². The Labute approximate surface area is 125 Å². The number of hydrogen-bond donors (Lipinski definition) is 0. The van der Waals surface area contributed by atoms with E-state index in [9.17, 15) is 4.79 Å². The highest BCUT2D eigenvalue weighted by atomic mass is 16.5. The van der Waals surface area contributed by atoms with Crippen molar-refractivity contribution in [3.8, 4) is 5.75 Å². The lowest BCUT2D eigenvalue weighted by Gasteiger charge is -2.36. The minimum absolute atomic E-state index is 0.126. The normalized spacial score (nSPS) is 23.0. The Bertz CT molecular complexity index is 603. The number of benzene rings is 1. The Kier molecular flexibility index (Phi) is 2.80. The third-order valence-corrected chi connectivity index (χ3v) is 5.48. The molecule has 4 nitrogen and oxygen atoms in total. The lowest BCUT2D eigenvalue weighted by Crippen LogP contribution is -2.41. The number of hydrogen-bond acceptors (Lipinski definition) is 3. The van der Waals surface area contributed by atoms with Gasteiger partial charge in [-0.1, -0.05) is 0 Å². The van der Waals surface area contributed by atoms with Crippen molar-refractivity contribution in [1.82, 2.24) is 4.90 Å². The number of amides is 1. The highest BCUT2D eigenvalue weighted by molar-refractivity contribution is 5.94. The van der Waals surface area contributed by atoms with Crippen LogP contribution in [0.15, 0.2) is 12.1 Å². The van der Waals surface area contributed by atoms with Crippen molar-refractivity contribution in [1.29, 1.82) is 0 Å². The highest BCUT2D eigenvalue weighted by Gasteiger charge is 2.43. The maximum atomic E-state index is 11.7. The van der Waals surface area contributed by atoms with Gasteiger partial charge in [0, 0.05) is 30.5 Å². The summed E-state index contributed by atoms with van der Waals surface area (Å²) in [5, 5.41) is 0. The molecule has 0 saturated carbocycles. The Morgan fingerprint density at radius 1 is 1.24 bits per heavy atom. The molecular weight excluding hydrogens is 264 g/mol. The number of ether oxygens (including phenoxy) is 1. The van der Waals surface area contributed by atoms with Gasteiger partial charge >= 0.3 is 0 Å². The average molecular weight is 286 g/mol. The topological polar surface area (TPSA) is 32.8 Å². The molecular formula is C17H22N2O2. The molecule has 0 atom stereocenters. The quantitative estimate of drug-likeness (QED) is 0.731. The second-order valence-corrected chi connectivity index (χ2v) is 6.77. The van der Waals surface area contributed by atoms with Gasteiger partial charge in [-0.15, -0.1) is 0 Å². The second kappa shape index (κ2) is 4.47. The number of carbonyl (C=O) groups excluding carboxylic acids is 1. The van der Waals surface area contributed by atoms with Crippen LogP contribution in [0.2, 0.25) is 0 Å². The molecule has 21 heavy (non-hydrogen) atoms. The van der Waals surface area contributed by atoms with Gasteiger partial charge in [-0.05, 0) is 51.0 Å². The van der Waals surface area contributed by atoms with Crippen LogP contribution in [0.3, 0.4) is 0 Å². The summed E-state index contributed by atoms with van der Waals surface area (Å²) in [6.45, 7) is 5.53. The minimum atomic E-state index is 0.126. The molecule has 1 amide bonds. The van der Waals surface area contributed by atoms with Gasteiger partial charge in [-0.3, -0.25) is 4.79 Å². The summed E-state index contributed by atoms with van der Waals surface area (Å²) in [5.41, 5.74) is 3.97. The molecule has 1 aromatic rings. The molecule has 1 saturated heterocycles. The van der Waals surface area contributed by atoms with Gasteiger partial charge < -0.3 is 14.5 Å². The fourth-order valence-electron chi connectivity index (χ4n) is 4.03. The molecule has 0 unspecified atom stereocenters.